The lowest BCUT2D eigenvalue weighted by Crippen LogP contribution is -2.47. The van der Waals surface area contributed by atoms with Gasteiger partial charge in [-0.15, -0.1) is 0 Å². The van der Waals surface area contributed by atoms with E-state index in [0.717, 1.165) is 25.1 Å². The highest BCUT2D eigenvalue weighted by molar-refractivity contribution is 5.95. The van der Waals surface area contributed by atoms with Gasteiger partial charge in [0.05, 0.1) is 18.2 Å². The number of amides is 3. The van der Waals surface area contributed by atoms with Crippen LogP contribution in [-0.2, 0) is 11.0 Å². The first-order chi connectivity index (χ1) is 17.9. The first-order valence-corrected chi connectivity index (χ1v) is 12.7. The largest absolute Gasteiger partial charge is 0.416 e. The smallest absolute Gasteiger partial charge is 0.337 e. The molecule has 0 aromatic heterocycles. The highest BCUT2D eigenvalue weighted by atomic mass is 19.4. The number of carbonyl (C=O) groups excluding carboxylic acids is 3. The second-order valence-electron chi connectivity index (χ2n) is 10.2. The third kappa shape index (κ3) is 6.18. The minimum Gasteiger partial charge on any atom is -0.337 e. The molecule has 4 rings (SSSR count). The highest BCUT2D eigenvalue weighted by Crippen LogP contribution is 2.31. The topological polar surface area (TPSA) is 64.2 Å². The molecule has 0 radical (unpaired) electrons. The summed E-state index contributed by atoms with van der Waals surface area (Å²) in [6.45, 7) is 4.45. The van der Waals surface area contributed by atoms with E-state index in [1.807, 2.05) is 0 Å². The summed E-state index contributed by atoms with van der Waals surface area (Å²) in [6, 6.07) is 11.6. The summed E-state index contributed by atoms with van der Waals surface area (Å²) < 4.78 is 38.5. The van der Waals surface area contributed by atoms with E-state index in [-0.39, 0.29) is 29.8 Å². The number of likely N-dealkylation sites (tertiary alicyclic amines) is 2. The molecule has 2 aromatic carbocycles. The lowest BCUT2D eigenvalue weighted by molar-refractivity contribution is -0.137. The van der Waals surface area contributed by atoms with Gasteiger partial charge in [0, 0.05) is 51.9 Å². The molecule has 3 amide bonds. The van der Waals surface area contributed by atoms with Crippen LogP contribution in [0.15, 0.2) is 48.5 Å². The molecule has 2 aliphatic heterocycles. The monoisotopic (exact) mass is 530 g/mol. The van der Waals surface area contributed by atoms with Crippen LogP contribution in [0.4, 0.5) is 18.0 Å². The molecular weight excluding hydrogens is 497 g/mol. The molecule has 0 saturated carbocycles. The first kappa shape index (κ1) is 27.6. The van der Waals surface area contributed by atoms with Crippen molar-refractivity contribution < 1.29 is 27.6 Å². The zero-order chi connectivity index (χ0) is 27.6. The first-order valence-electron chi connectivity index (χ1n) is 12.7. The van der Waals surface area contributed by atoms with Crippen LogP contribution in [0.25, 0.3) is 11.1 Å². The maximum atomic E-state index is 13.1. The van der Waals surface area contributed by atoms with Crippen LogP contribution < -0.4 is 0 Å². The molecule has 2 saturated heterocycles. The number of urea groups is 1. The van der Waals surface area contributed by atoms with Gasteiger partial charge in [-0.2, -0.15) is 13.2 Å². The maximum Gasteiger partial charge on any atom is 0.416 e. The Morgan fingerprint density at radius 1 is 0.842 bits per heavy atom. The van der Waals surface area contributed by atoms with E-state index in [9.17, 15) is 27.6 Å². The molecule has 7 nitrogen and oxygen atoms in total. The Hall–Kier alpha value is -3.40. The predicted octanol–water partition coefficient (Wildman–Crippen LogP) is 4.23. The van der Waals surface area contributed by atoms with Crippen molar-refractivity contribution in [2.75, 3.05) is 46.8 Å². The second-order valence-corrected chi connectivity index (χ2v) is 10.2. The number of nitrogens with zero attached hydrogens (tertiary/aromatic N) is 4. The van der Waals surface area contributed by atoms with Gasteiger partial charge in [-0.25, -0.2) is 4.79 Å². The number of alkyl halides is 3. The SMILES string of the molecule is CC(=O)CN1CC[C@@H](N(C)C(=O)N2CC[C@H](N(C)C(=O)c3ccc(-c4ccc(C(F)(F)F)cc4)cc3)C2)C1. The van der Waals surface area contributed by atoms with Gasteiger partial charge in [0.15, 0.2) is 0 Å². The molecule has 0 N–H and O–H groups in total. The molecule has 38 heavy (non-hydrogen) atoms. The summed E-state index contributed by atoms with van der Waals surface area (Å²) in [4.78, 5) is 44.9. The van der Waals surface area contributed by atoms with Crippen LogP contribution in [-0.4, -0.2) is 96.2 Å². The average molecular weight is 531 g/mol. The van der Waals surface area contributed by atoms with Crippen molar-refractivity contribution in [3.8, 4) is 11.1 Å². The molecule has 2 fully saturated rings. The van der Waals surface area contributed by atoms with Crippen molar-refractivity contribution in [1.82, 2.24) is 19.6 Å². The lowest BCUT2D eigenvalue weighted by Gasteiger charge is -2.30. The molecule has 0 unspecified atom stereocenters. The van der Waals surface area contributed by atoms with Crippen LogP contribution in [0, 0.1) is 0 Å². The Morgan fingerprint density at radius 2 is 1.39 bits per heavy atom. The zero-order valence-electron chi connectivity index (χ0n) is 21.9. The molecule has 2 aromatic rings. The zero-order valence-corrected chi connectivity index (χ0v) is 21.9. The van der Waals surface area contributed by atoms with Crippen LogP contribution in [0.3, 0.4) is 0 Å². The molecule has 204 valence electrons. The summed E-state index contributed by atoms with van der Waals surface area (Å²) in [5.74, 6) is -0.0590. The molecule has 10 heteroatoms. The van der Waals surface area contributed by atoms with Crippen LogP contribution in [0.2, 0.25) is 0 Å². The fraction of sp³-hybridized carbons (Fsp3) is 0.464. The Kier molecular flexibility index (Phi) is 8.10. The Bertz CT molecular complexity index is 1170. The van der Waals surface area contributed by atoms with E-state index in [4.69, 9.17) is 0 Å². The van der Waals surface area contributed by atoms with Crippen LogP contribution >= 0.6 is 0 Å². The number of Topliss-reactive ketones (excluding diaryl/α,β-unsaturated/α-hetero) is 1. The number of rotatable bonds is 6. The number of carbonyl (C=O) groups is 3. The minimum atomic E-state index is -4.39. The predicted molar refractivity (Wildman–Crippen MR) is 138 cm³/mol. The van der Waals surface area contributed by atoms with Crippen LogP contribution in [0.5, 0.6) is 0 Å². The van der Waals surface area contributed by atoms with E-state index in [1.54, 1.807) is 60.0 Å². The van der Waals surface area contributed by atoms with Gasteiger partial charge in [-0.3, -0.25) is 14.5 Å². The quantitative estimate of drug-likeness (QED) is 0.561. The van der Waals surface area contributed by atoms with Gasteiger partial charge >= 0.3 is 12.2 Å². The van der Waals surface area contributed by atoms with E-state index in [0.29, 0.717) is 49.3 Å². The summed E-state index contributed by atoms with van der Waals surface area (Å²) in [7, 11) is 3.52. The Balaban J connectivity index is 1.33. The summed E-state index contributed by atoms with van der Waals surface area (Å²) in [5, 5.41) is 0. The number of benzene rings is 2. The van der Waals surface area contributed by atoms with E-state index < -0.39 is 11.7 Å². The van der Waals surface area contributed by atoms with E-state index in [1.165, 1.54) is 12.1 Å². The van der Waals surface area contributed by atoms with Crippen molar-refractivity contribution in [3.63, 3.8) is 0 Å². The molecule has 2 heterocycles. The van der Waals surface area contributed by atoms with Crippen molar-refractivity contribution in [2.45, 2.75) is 38.0 Å². The maximum absolute atomic E-state index is 13.1. The number of hydrogen-bond acceptors (Lipinski definition) is 4. The normalized spacial score (nSPS) is 20.0. The van der Waals surface area contributed by atoms with Crippen molar-refractivity contribution in [3.05, 3.63) is 59.7 Å². The number of ketones is 1. The van der Waals surface area contributed by atoms with Gasteiger partial charge in [-0.1, -0.05) is 24.3 Å². The van der Waals surface area contributed by atoms with E-state index in [2.05, 4.69) is 4.90 Å². The summed E-state index contributed by atoms with van der Waals surface area (Å²) in [5.41, 5.74) is 1.11. The van der Waals surface area contributed by atoms with Crippen molar-refractivity contribution >= 4 is 17.7 Å². The van der Waals surface area contributed by atoms with Gasteiger partial charge < -0.3 is 14.7 Å². The fourth-order valence-corrected chi connectivity index (χ4v) is 5.22. The molecule has 2 atom stereocenters. The molecule has 2 aliphatic rings. The van der Waals surface area contributed by atoms with E-state index >= 15 is 0 Å². The summed E-state index contributed by atoms with van der Waals surface area (Å²) in [6.07, 6.45) is -2.89. The van der Waals surface area contributed by atoms with Crippen molar-refractivity contribution in [1.29, 1.82) is 0 Å². The van der Waals surface area contributed by atoms with Gasteiger partial charge in [0.25, 0.3) is 5.91 Å². The van der Waals surface area contributed by atoms with Gasteiger partial charge in [0.1, 0.15) is 5.78 Å². The third-order valence-corrected chi connectivity index (χ3v) is 7.52. The lowest BCUT2D eigenvalue weighted by atomic mass is 10.0. The highest BCUT2D eigenvalue weighted by Gasteiger charge is 2.36. The number of hydrogen-bond donors (Lipinski definition) is 0. The van der Waals surface area contributed by atoms with Gasteiger partial charge in [-0.05, 0) is 55.2 Å². The molecule has 0 bridgehead atoms. The standard InChI is InChI=1S/C28H33F3N4O3/c1-19(36)16-34-14-12-24(17-34)33(3)27(38)35-15-13-25(18-35)32(2)26(37)22-6-4-20(5-7-22)21-8-10-23(11-9-21)28(29,30)31/h4-11,24-25H,12-18H2,1-3H3/t24-,25+/m1/s1. The second kappa shape index (κ2) is 11.1. The van der Waals surface area contributed by atoms with Crippen LogP contribution in [0.1, 0.15) is 35.7 Å². The molecule has 0 aliphatic carbocycles. The van der Waals surface area contributed by atoms with Gasteiger partial charge in [0.2, 0.25) is 0 Å². The number of halogens is 3. The number of likely N-dealkylation sites (N-methyl/N-ethyl adjacent to an activating group) is 2. The van der Waals surface area contributed by atoms with Crippen molar-refractivity contribution in [2.24, 2.45) is 0 Å². The third-order valence-electron chi connectivity index (χ3n) is 7.52. The Labute approximate surface area is 220 Å². The molecule has 0 spiro atoms. The average Bonchev–Trinajstić information content (AvgIpc) is 3.56. The summed E-state index contributed by atoms with van der Waals surface area (Å²) >= 11 is 0. The molecular formula is C28H33F3N4O3. The Morgan fingerprint density at radius 3 is 1.97 bits per heavy atom. The minimum absolute atomic E-state index is 0.0587. The fourth-order valence-electron chi connectivity index (χ4n) is 5.22.